The summed E-state index contributed by atoms with van der Waals surface area (Å²) in [5.41, 5.74) is 12.4. The van der Waals surface area contributed by atoms with E-state index in [0.717, 1.165) is 6.26 Å². The van der Waals surface area contributed by atoms with Crippen LogP contribution in [0.1, 0.15) is 27.9 Å². The number of anilines is 1. The van der Waals surface area contributed by atoms with E-state index < -0.39 is 85.6 Å². The monoisotopic (exact) mass is 627 g/mol. The molecule has 0 aromatic heterocycles. The normalized spacial score (nSPS) is 31.3. The van der Waals surface area contributed by atoms with Gasteiger partial charge in [-0.15, -0.1) is 0 Å². The Labute approximate surface area is 253 Å². The molecule has 1 aromatic carbocycles. The molecule has 44 heavy (non-hydrogen) atoms. The number of carbonyl (C=O) groups excluding carboxylic acids is 5. The third kappa shape index (κ3) is 4.49. The molecule has 8 N–H and O–H groups in total. The molecule has 2 unspecified atom stereocenters. The highest BCUT2D eigenvalue weighted by Crippen LogP contribution is 2.57. The number of phenolic OH excluding ortho intramolecular Hbond substituents is 1. The van der Waals surface area contributed by atoms with Gasteiger partial charge < -0.3 is 27.2 Å². The van der Waals surface area contributed by atoms with Gasteiger partial charge in [0.2, 0.25) is 15.9 Å². The van der Waals surface area contributed by atoms with E-state index in [0.29, 0.717) is 5.69 Å². The second-order valence-corrected chi connectivity index (χ2v) is 13.9. The molecule has 0 aliphatic heterocycles. The Morgan fingerprint density at radius 2 is 1.77 bits per heavy atom. The van der Waals surface area contributed by atoms with Gasteiger partial charge in [0, 0.05) is 25.3 Å². The van der Waals surface area contributed by atoms with E-state index in [4.69, 9.17) is 17.2 Å². The molecule has 0 saturated heterocycles. The summed E-state index contributed by atoms with van der Waals surface area (Å²) in [6.45, 7) is -0.300. The molecule has 16 heteroatoms. The van der Waals surface area contributed by atoms with Gasteiger partial charge in [-0.1, -0.05) is 11.8 Å². The quantitative estimate of drug-likeness (QED) is 0.159. The molecule has 234 valence electrons. The number of primary amides is 1. The second kappa shape index (κ2) is 10.5. The van der Waals surface area contributed by atoms with Gasteiger partial charge in [-0.3, -0.25) is 28.9 Å². The van der Waals surface area contributed by atoms with Crippen LogP contribution in [0.4, 0.5) is 5.69 Å². The Balaban J connectivity index is 1.98. The summed E-state index contributed by atoms with van der Waals surface area (Å²) in [5, 5.41) is 21.7. The Bertz CT molecular complexity index is 1750. The van der Waals surface area contributed by atoms with Crippen molar-refractivity contribution < 1.29 is 37.5 Å². The van der Waals surface area contributed by atoms with E-state index in [2.05, 4.69) is 16.6 Å². The average Bonchev–Trinajstić information content (AvgIpc) is 2.85. The van der Waals surface area contributed by atoms with Crippen molar-refractivity contribution in [3.05, 3.63) is 22.8 Å². The number of ketones is 4. The number of aromatic hydroxyl groups is 1. The number of nitrogens with one attached hydrogen (secondary N) is 1. The Hall–Kier alpha value is -4.19. The summed E-state index contributed by atoms with van der Waals surface area (Å²) >= 11 is 0. The number of sulfonamides is 1. The molecule has 0 spiro atoms. The lowest BCUT2D eigenvalue weighted by atomic mass is 9.42. The van der Waals surface area contributed by atoms with Crippen molar-refractivity contribution in [3.63, 3.8) is 0 Å². The van der Waals surface area contributed by atoms with Crippen molar-refractivity contribution in [1.29, 1.82) is 5.26 Å². The number of phenols is 1. The van der Waals surface area contributed by atoms with Gasteiger partial charge in [0.05, 0.1) is 41.6 Å². The van der Waals surface area contributed by atoms with E-state index >= 15 is 0 Å². The van der Waals surface area contributed by atoms with Crippen LogP contribution in [0.2, 0.25) is 0 Å². The predicted molar refractivity (Wildman–Crippen MR) is 155 cm³/mol. The number of carbonyl (C=O) groups is 5. The van der Waals surface area contributed by atoms with Crippen molar-refractivity contribution in [2.24, 2.45) is 34.5 Å². The molecule has 0 radical (unpaired) electrons. The summed E-state index contributed by atoms with van der Waals surface area (Å²) in [7, 11) is 2.59. The van der Waals surface area contributed by atoms with Gasteiger partial charge in [0.1, 0.15) is 11.7 Å². The van der Waals surface area contributed by atoms with Crippen LogP contribution in [-0.4, -0.2) is 106 Å². The third-order valence-corrected chi connectivity index (χ3v) is 9.36. The van der Waals surface area contributed by atoms with Gasteiger partial charge in [0.25, 0.3) is 0 Å². The molecule has 0 heterocycles. The highest BCUT2D eigenvalue weighted by molar-refractivity contribution is 7.88. The Morgan fingerprint density at radius 1 is 1.16 bits per heavy atom. The Morgan fingerprint density at radius 3 is 2.27 bits per heavy atom. The van der Waals surface area contributed by atoms with E-state index in [1.54, 1.807) is 25.1 Å². The first-order chi connectivity index (χ1) is 20.2. The van der Waals surface area contributed by atoms with Crippen LogP contribution in [0.15, 0.2) is 6.07 Å². The molecule has 2 fully saturated rings. The predicted octanol–water partition coefficient (Wildman–Crippen LogP) is -3.22. The Kier molecular flexibility index (Phi) is 7.78. The molecule has 0 bridgehead atoms. The molecule has 1 amide bonds. The van der Waals surface area contributed by atoms with Gasteiger partial charge >= 0.3 is 0 Å². The smallest absolute Gasteiger partial charge is 0.235 e. The van der Waals surface area contributed by atoms with Crippen molar-refractivity contribution in [2.75, 3.05) is 45.9 Å². The lowest BCUT2D eigenvalue weighted by Gasteiger charge is -2.60. The minimum atomic E-state index is -3.56. The molecule has 3 aliphatic carbocycles. The summed E-state index contributed by atoms with van der Waals surface area (Å²) in [5.74, 6) is -5.56. The number of hydrogen-bond donors (Lipinski definition) is 5. The number of hydrogen-bond acceptors (Lipinski definition) is 13. The number of benzene rings is 1. The van der Waals surface area contributed by atoms with Crippen molar-refractivity contribution >= 4 is 44.8 Å². The minimum Gasteiger partial charge on any atom is -0.506 e. The lowest BCUT2D eigenvalue weighted by molar-refractivity contribution is -0.166. The molecule has 1 aromatic rings. The second-order valence-electron chi connectivity index (χ2n) is 12.1. The molecule has 2 saturated carbocycles. The maximum atomic E-state index is 14.5. The van der Waals surface area contributed by atoms with Crippen molar-refractivity contribution in [3.8, 4) is 23.7 Å². The van der Waals surface area contributed by atoms with Crippen LogP contribution in [0.5, 0.6) is 5.75 Å². The molecular formula is C28H33N7O8S. The fourth-order valence-electron chi connectivity index (χ4n) is 7.06. The average molecular weight is 628 g/mol. The number of rotatable bonds is 5. The van der Waals surface area contributed by atoms with Gasteiger partial charge in [0.15, 0.2) is 34.5 Å². The first-order valence-corrected chi connectivity index (χ1v) is 15.2. The zero-order valence-electron chi connectivity index (χ0n) is 24.7. The first kappa shape index (κ1) is 32.7. The summed E-state index contributed by atoms with van der Waals surface area (Å²) < 4.78 is 25.0. The van der Waals surface area contributed by atoms with E-state index in [9.17, 15) is 42.8 Å². The van der Waals surface area contributed by atoms with Gasteiger partial charge in [-0.05, 0) is 38.6 Å². The fourth-order valence-corrected chi connectivity index (χ4v) is 7.39. The highest BCUT2D eigenvalue weighted by Gasteiger charge is 2.78. The van der Waals surface area contributed by atoms with Gasteiger partial charge in [-0.2, -0.15) is 5.26 Å². The third-order valence-electron chi connectivity index (χ3n) is 8.69. The largest absolute Gasteiger partial charge is 0.506 e. The van der Waals surface area contributed by atoms with Crippen LogP contribution in [0.25, 0.3) is 0 Å². The number of fused-ring (bicyclic) bond motifs is 3. The van der Waals surface area contributed by atoms with Crippen LogP contribution in [0, 0.1) is 40.4 Å². The minimum absolute atomic E-state index is 0.0622. The van der Waals surface area contributed by atoms with Crippen LogP contribution in [-0.2, 0) is 35.6 Å². The van der Waals surface area contributed by atoms with Crippen LogP contribution < -0.4 is 26.8 Å². The molecule has 6 atom stereocenters. The molecular weight excluding hydrogens is 594 g/mol. The maximum absolute atomic E-state index is 14.5. The standard InChI is InChI=1S/C28H33N7O8S/c1-34(2)15-9-13(7-6-8-33-44(5,42)43)19(36)16-14(15)10-26(31)11-28(32)22(35(3)4)21(38)17(25(30)41)23(39)27(28,12-29)24(40)18(26)20(16)37/h9,17-18,22,33,36H,8,10-11,31-32H2,1-5H3,(H2,30,41)/t17?,18?,22-,26-,27+,28-/m1/s1. The molecule has 4 rings (SSSR count). The number of amides is 1. The van der Waals surface area contributed by atoms with E-state index in [1.165, 1.54) is 25.1 Å². The zero-order valence-corrected chi connectivity index (χ0v) is 25.5. The van der Waals surface area contributed by atoms with Crippen molar-refractivity contribution in [2.45, 2.75) is 30.0 Å². The van der Waals surface area contributed by atoms with Crippen LogP contribution >= 0.6 is 0 Å². The summed E-state index contributed by atoms with van der Waals surface area (Å²) in [6, 6.07) is 1.62. The highest BCUT2D eigenvalue weighted by atomic mass is 32.2. The number of Topliss-reactive ketones (excluding diaryl/α,β-unsaturated/α-hetero) is 4. The fraction of sp³-hybridized carbons (Fsp3) is 0.500. The number of nitrogens with zero attached hydrogens (tertiary/aromatic N) is 3. The lowest BCUT2D eigenvalue weighted by Crippen LogP contribution is -2.85. The molecule has 15 nitrogen and oxygen atoms in total. The number of nitriles is 1. The maximum Gasteiger partial charge on any atom is 0.235 e. The zero-order chi connectivity index (χ0) is 33.3. The van der Waals surface area contributed by atoms with E-state index in [-0.39, 0.29) is 29.7 Å². The molecule has 3 aliphatic rings. The topological polar surface area (TPSA) is 260 Å². The summed E-state index contributed by atoms with van der Waals surface area (Å²) in [6.07, 6.45) is 0.169. The first-order valence-electron chi connectivity index (χ1n) is 13.3. The number of likely N-dealkylation sites (N-methyl/N-ethyl adjacent to an activating group) is 1. The summed E-state index contributed by atoms with van der Waals surface area (Å²) in [4.78, 5) is 71.3. The van der Waals surface area contributed by atoms with E-state index in [1.807, 2.05) is 0 Å². The SMILES string of the molecule is CN(C)c1cc(C#CCNS(C)(=O)=O)c(O)c2c1C[C@@]1(N)C[C@@]3(N)[C@H](N(C)C)C(=O)C(C(N)=O)C(=O)[C@@]3(C#N)C(=O)C1C2=O. The van der Waals surface area contributed by atoms with Crippen LogP contribution in [0.3, 0.4) is 0 Å². The van der Waals surface area contributed by atoms with Gasteiger partial charge in [-0.25, -0.2) is 13.1 Å². The van der Waals surface area contributed by atoms with Crippen molar-refractivity contribution in [1.82, 2.24) is 9.62 Å². The number of nitrogens with two attached hydrogens (primary N) is 3.